The summed E-state index contributed by atoms with van der Waals surface area (Å²) < 4.78 is 0. The van der Waals surface area contributed by atoms with Crippen LogP contribution < -0.4 is 10.6 Å². The Labute approximate surface area is 129 Å². The summed E-state index contributed by atoms with van der Waals surface area (Å²) in [7, 11) is 0. The van der Waals surface area contributed by atoms with E-state index in [0.29, 0.717) is 18.2 Å². The average molecular weight is 311 g/mol. The molecule has 0 radical (unpaired) electrons. The molecular formula is C14H21N3O3S. The fourth-order valence-corrected chi connectivity index (χ4v) is 2.64. The van der Waals surface area contributed by atoms with Crippen LogP contribution in [-0.2, 0) is 9.59 Å². The SMILES string of the molecule is CSCCC(NC(=O)/C(C#N)=C\NC1CCCC1)C(=O)O. The van der Waals surface area contributed by atoms with Gasteiger partial charge in [-0.3, -0.25) is 4.79 Å². The molecule has 0 aliphatic heterocycles. The zero-order valence-electron chi connectivity index (χ0n) is 12.1. The van der Waals surface area contributed by atoms with Crippen molar-refractivity contribution in [1.82, 2.24) is 10.6 Å². The van der Waals surface area contributed by atoms with Crippen molar-refractivity contribution >= 4 is 23.6 Å². The van der Waals surface area contributed by atoms with E-state index >= 15 is 0 Å². The second kappa shape index (κ2) is 9.29. The third kappa shape index (κ3) is 6.08. The molecule has 1 fully saturated rings. The second-order valence-corrected chi connectivity index (χ2v) is 5.95. The van der Waals surface area contributed by atoms with Gasteiger partial charge in [-0.25, -0.2) is 4.79 Å². The first-order valence-electron chi connectivity index (χ1n) is 6.97. The smallest absolute Gasteiger partial charge is 0.326 e. The highest BCUT2D eigenvalue weighted by atomic mass is 32.2. The standard InChI is InChI=1S/C14H21N3O3S/c1-21-7-6-12(14(19)20)17-13(18)10(8-15)9-16-11-4-2-3-5-11/h9,11-12,16H,2-7H2,1H3,(H,17,18)(H,19,20)/b10-9-. The third-order valence-corrected chi connectivity index (χ3v) is 4.04. The number of nitrogens with zero attached hydrogens (tertiary/aromatic N) is 1. The van der Waals surface area contributed by atoms with E-state index in [0.717, 1.165) is 25.7 Å². The minimum Gasteiger partial charge on any atom is -0.480 e. The van der Waals surface area contributed by atoms with Crippen molar-refractivity contribution in [3.05, 3.63) is 11.8 Å². The maximum Gasteiger partial charge on any atom is 0.326 e. The lowest BCUT2D eigenvalue weighted by Gasteiger charge is -2.14. The van der Waals surface area contributed by atoms with Crippen LogP contribution in [0.25, 0.3) is 0 Å². The molecule has 1 amide bonds. The number of aliphatic carboxylic acids is 1. The Balaban J connectivity index is 2.57. The first-order valence-corrected chi connectivity index (χ1v) is 8.36. The largest absolute Gasteiger partial charge is 0.480 e. The molecule has 1 aliphatic carbocycles. The van der Waals surface area contributed by atoms with Crippen LogP contribution in [-0.4, -0.2) is 41.1 Å². The van der Waals surface area contributed by atoms with Crippen LogP contribution in [0.5, 0.6) is 0 Å². The van der Waals surface area contributed by atoms with E-state index in [1.54, 1.807) is 0 Å². The number of carboxylic acids is 1. The van der Waals surface area contributed by atoms with Gasteiger partial charge in [0.05, 0.1) is 0 Å². The third-order valence-electron chi connectivity index (χ3n) is 3.40. The van der Waals surface area contributed by atoms with Crippen molar-refractivity contribution < 1.29 is 14.7 Å². The predicted octanol–water partition coefficient (Wildman–Crippen LogP) is 1.25. The van der Waals surface area contributed by atoms with E-state index in [2.05, 4.69) is 10.6 Å². The number of nitrogens with one attached hydrogen (secondary N) is 2. The monoisotopic (exact) mass is 311 g/mol. The minimum absolute atomic E-state index is 0.0858. The number of carbonyl (C=O) groups is 2. The Bertz CT molecular complexity index is 439. The first-order chi connectivity index (χ1) is 10.1. The van der Waals surface area contributed by atoms with Crippen molar-refractivity contribution in [3.8, 4) is 6.07 Å². The summed E-state index contributed by atoms with van der Waals surface area (Å²) in [6.07, 6.45) is 7.96. The summed E-state index contributed by atoms with van der Waals surface area (Å²) in [6, 6.07) is 1.15. The number of nitriles is 1. The molecule has 7 heteroatoms. The molecular weight excluding hydrogens is 290 g/mol. The molecule has 0 aromatic heterocycles. The molecule has 3 N–H and O–H groups in total. The summed E-state index contributed by atoms with van der Waals surface area (Å²) in [6.45, 7) is 0. The number of thioether (sulfide) groups is 1. The molecule has 1 saturated carbocycles. The summed E-state index contributed by atoms with van der Waals surface area (Å²) >= 11 is 1.51. The normalized spacial score (nSPS) is 17.0. The van der Waals surface area contributed by atoms with Crippen LogP contribution in [0.2, 0.25) is 0 Å². The highest BCUT2D eigenvalue weighted by Gasteiger charge is 2.22. The fourth-order valence-electron chi connectivity index (χ4n) is 2.17. The van der Waals surface area contributed by atoms with Gasteiger partial charge in [0.25, 0.3) is 5.91 Å². The molecule has 1 unspecified atom stereocenters. The van der Waals surface area contributed by atoms with Crippen LogP contribution in [0.1, 0.15) is 32.1 Å². The highest BCUT2D eigenvalue weighted by Crippen LogP contribution is 2.17. The fraction of sp³-hybridized carbons (Fsp3) is 0.643. The molecule has 0 heterocycles. The Kier molecular flexibility index (Phi) is 7.69. The quantitative estimate of drug-likeness (QED) is 0.460. The van der Waals surface area contributed by atoms with E-state index in [1.165, 1.54) is 18.0 Å². The average Bonchev–Trinajstić information content (AvgIpc) is 2.97. The van der Waals surface area contributed by atoms with Gasteiger partial charge in [0, 0.05) is 12.2 Å². The first kappa shape index (κ1) is 17.4. The Morgan fingerprint density at radius 2 is 2.14 bits per heavy atom. The van der Waals surface area contributed by atoms with Gasteiger partial charge in [0.15, 0.2) is 0 Å². The van der Waals surface area contributed by atoms with Crippen LogP contribution in [0.15, 0.2) is 11.8 Å². The van der Waals surface area contributed by atoms with Gasteiger partial charge in [-0.2, -0.15) is 17.0 Å². The lowest BCUT2D eigenvalue weighted by Crippen LogP contribution is -2.42. The van der Waals surface area contributed by atoms with Crippen molar-refractivity contribution in [2.75, 3.05) is 12.0 Å². The van der Waals surface area contributed by atoms with Crippen molar-refractivity contribution in [2.45, 2.75) is 44.2 Å². The molecule has 1 aliphatic rings. The van der Waals surface area contributed by atoms with E-state index < -0.39 is 17.9 Å². The molecule has 0 saturated heterocycles. The summed E-state index contributed by atoms with van der Waals surface area (Å²) in [5.74, 6) is -1.10. The summed E-state index contributed by atoms with van der Waals surface area (Å²) in [4.78, 5) is 23.0. The zero-order valence-corrected chi connectivity index (χ0v) is 12.9. The number of hydrogen-bond donors (Lipinski definition) is 3. The van der Waals surface area contributed by atoms with E-state index in [9.17, 15) is 9.59 Å². The summed E-state index contributed by atoms with van der Waals surface area (Å²) in [5.41, 5.74) is -0.0858. The van der Waals surface area contributed by atoms with Gasteiger partial charge in [-0.05, 0) is 31.3 Å². The van der Waals surface area contributed by atoms with Gasteiger partial charge >= 0.3 is 5.97 Å². The number of hydrogen-bond acceptors (Lipinski definition) is 5. The molecule has 0 bridgehead atoms. The number of rotatable bonds is 8. The molecule has 116 valence electrons. The van der Waals surface area contributed by atoms with Crippen molar-refractivity contribution in [1.29, 1.82) is 5.26 Å². The lowest BCUT2D eigenvalue weighted by molar-refractivity contribution is -0.141. The topological polar surface area (TPSA) is 102 Å². The Morgan fingerprint density at radius 3 is 2.67 bits per heavy atom. The molecule has 1 rings (SSSR count). The molecule has 0 aromatic carbocycles. The van der Waals surface area contributed by atoms with Crippen molar-refractivity contribution in [3.63, 3.8) is 0 Å². The lowest BCUT2D eigenvalue weighted by atomic mass is 10.2. The van der Waals surface area contributed by atoms with Gasteiger partial charge in [-0.15, -0.1) is 0 Å². The van der Waals surface area contributed by atoms with Crippen LogP contribution in [0.3, 0.4) is 0 Å². The molecule has 0 spiro atoms. The number of amides is 1. The molecule has 0 aromatic rings. The number of carbonyl (C=O) groups excluding carboxylic acids is 1. The van der Waals surface area contributed by atoms with Gasteiger partial charge in [-0.1, -0.05) is 12.8 Å². The van der Waals surface area contributed by atoms with Crippen LogP contribution in [0, 0.1) is 11.3 Å². The van der Waals surface area contributed by atoms with Gasteiger partial charge in [0.2, 0.25) is 0 Å². The summed E-state index contributed by atoms with van der Waals surface area (Å²) in [5, 5.41) is 23.5. The van der Waals surface area contributed by atoms with E-state index in [4.69, 9.17) is 10.4 Å². The number of carboxylic acid groups (broad SMARTS) is 1. The maximum atomic E-state index is 11.9. The Hall–Kier alpha value is -1.68. The van der Waals surface area contributed by atoms with Crippen LogP contribution in [0.4, 0.5) is 0 Å². The minimum atomic E-state index is -1.08. The maximum absolute atomic E-state index is 11.9. The predicted molar refractivity (Wildman–Crippen MR) is 81.7 cm³/mol. The zero-order chi connectivity index (χ0) is 15.7. The van der Waals surface area contributed by atoms with Crippen LogP contribution >= 0.6 is 11.8 Å². The molecule has 1 atom stereocenters. The second-order valence-electron chi connectivity index (χ2n) is 4.96. The van der Waals surface area contributed by atoms with Gasteiger partial charge < -0.3 is 15.7 Å². The molecule has 6 nitrogen and oxygen atoms in total. The van der Waals surface area contributed by atoms with E-state index in [1.807, 2.05) is 12.3 Å². The van der Waals surface area contributed by atoms with Crippen molar-refractivity contribution in [2.24, 2.45) is 0 Å². The Morgan fingerprint density at radius 1 is 1.48 bits per heavy atom. The van der Waals surface area contributed by atoms with E-state index in [-0.39, 0.29) is 5.57 Å². The molecule has 21 heavy (non-hydrogen) atoms. The van der Waals surface area contributed by atoms with Gasteiger partial charge in [0.1, 0.15) is 17.7 Å². The highest BCUT2D eigenvalue weighted by molar-refractivity contribution is 7.98.